The first-order valence-corrected chi connectivity index (χ1v) is 8.43. The third-order valence-electron chi connectivity index (χ3n) is 4.01. The molecule has 1 aliphatic heterocycles. The molecule has 0 bridgehead atoms. The molecule has 2 rings (SSSR count). The lowest BCUT2D eigenvalue weighted by atomic mass is 9.98. The molecule has 0 unspecified atom stereocenters. The van der Waals surface area contributed by atoms with Crippen LogP contribution in [0.1, 0.15) is 26.7 Å². The number of anilines is 1. The van der Waals surface area contributed by atoms with E-state index in [-0.39, 0.29) is 17.9 Å². The van der Waals surface area contributed by atoms with E-state index in [1.807, 2.05) is 26.0 Å². The van der Waals surface area contributed by atoms with Crippen LogP contribution in [-0.2, 0) is 4.79 Å². The predicted molar refractivity (Wildman–Crippen MR) is 92.6 cm³/mol. The van der Waals surface area contributed by atoms with Crippen LogP contribution in [0.25, 0.3) is 0 Å². The van der Waals surface area contributed by atoms with E-state index in [1.165, 1.54) is 0 Å². The quantitative estimate of drug-likeness (QED) is 0.885. The zero-order valence-corrected chi connectivity index (χ0v) is 14.4. The topological polar surface area (TPSA) is 61.4 Å². The van der Waals surface area contributed by atoms with E-state index in [2.05, 4.69) is 10.6 Å². The van der Waals surface area contributed by atoms with E-state index < -0.39 is 0 Å². The predicted octanol–water partition coefficient (Wildman–Crippen LogP) is 3.36. The minimum atomic E-state index is -0.141. The number of hydrogen-bond acceptors (Lipinski definition) is 2. The van der Waals surface area contributed by atoms with Gasteiger partial charge >= 0.3 is 6.03 Å². The number of carbonyl (C=O) groups excluding carboxylic acids is 2. The highest BCUT2D eigenvalue weighted by Crippen LogP contribution is 2.22. The molecule has 0 spiro atoms. The van der Waals surface area contributed by atoms with Gasteiger partial charge in [-0.25, -0.2) is 4.79 Å². The summed E-state index contributed by atoms with van der Waals surface area (Å²) in [6, 6.07) is 7.05. The van der Waals surface area contributed by atoms with Gasteiger partial charge in [0.25, 0.3) is 0 Å². The smallest absolute Gasteiger partial charge is 0.321 e. The summed E-state index contributed by atoms with van der Waals surface area (Å²) in [5.41, 5.74) is 0.620. The van der Waals surface area contributed by atoms with Crippen LogP contribution in [0.4, 0.5) is 10.5 Å². The molecule has 0 aromatic heterocycles. The summed E-state index contributed by atoms with van der Waals surface area (Å²) in [5, 5.41) is 6.33. The second-order valence-corrected chi connectivity index (χ2v) is 6.67. The maximum atomic E-state index is 12.4. The molecule has 126 valence electrons. The molecule has 23 heavy (non-hydrogen) atoms. The van der Waals surface area contributed by atoms with Crippen molar-refractivity contribution in [1.82, 2.24) is 10.2 Å². The number of nitrogens with one attached hydrogen (secondary N) is 2. The Morgan fingerprint density at radius 3 is 2.78 bits per heavy atom. The molecule has 5 nitrogen and oxygen atoms in total. The molecule has 1 aromatic carbocycles. The van der Waals surface area contributed by atoms with Crippen LogP contribution in [0.15, 0.2) is 24.3 Å². The maximum Gasteiger partial charge on any atom is 0.321 e. The fraction of sp³-hybridized carbons (Fsp3) is 0.529. The number of hydrogen-bond donors (Lipinski definition) is 2. The van der Waals surface area contributed by atoms with Crippen molar-refractivity contribution in [2.75, 3.05) is 25.0 Å². The number of nitrogens with zero attached hydrogens (tertiary/aromatic N) is 1. The zero-order valence-electron chi connectivity index (χ0n) is 13.6. The summed E-state index contributed by atoms with van der Waals surface area (Å²) in [4.78, 5) is 25.8. The standard InChI is InChI=1S/C17H24ClN3O2/c1-12(2)16(22)19-10-13-6-5-9-21(11-13)17(23)20-15-8-4-3-7-14(15)18/h3-4,7-8,12-13H,5-6,9-11H2,1-2H3,(H,19,22)(H,20,23)/t13-/m0/s1. The number of carbonyl (C=O) groups is 2. The number of likely N-dealkylation sites (tertiary alicyclic amines) is 1. The van der Waals surface area contributed by atoms with Gasteiger partial charge in [-0.3, -0.25) is 4.79 Å². The molecule has 1 saturated heterocycles. The molecule has 6 heteroatoms. The van der Waals surface area contributed by atoms with Crippen molar-refractivity contribution in [1.29, 1.82) is 0 Å². The van der Waals surface area contributed by atoms with Crippen molar-refractivity contribution in [3.8, 4) is 0 Å². The number of piperidine rings is 1. The van der Waals surface area contributed by atoms with Crippen LogP contribution >= 0.6 is 11.6 Å². The van der Waals surface area contributed by atoms with Crippen molar-refractivity contribution in [3.05, 3.63) is 29.3 Å². The first-order chi connectivity index (χ1) is 11.0. The minimum absolute atomic E-state index is 0.0155. The Kier molecular flexibility index (Phi) is 6.28. The highest BCUT2D eigenvalue weighted by molar-refractivity contribution is 6.33. The second-order valence-electron chi connectivity index (χ2n) is 6.26. The number of benzene rings is 1. The summed E-state index contributed by atoms with van der Waals surface area (Å²) in [6.07, 6.45) is 1.96. The van der Waals surface area contributed by atoms with Crippen LogP contribution in [0, 0.1) is 11.8 Å². The Morgan fingerprint density at radius 2 is 2.09 bits per heavy atom. The number of halogens is 1. The van der Waals surface area contributed by atoms with Gasteiger partial charge in [0.15, 0.2) is 0 Å². The molecule has 1 fully saturated rings. The normalized spacial score (nSPS) is 17.9. The average molecular weight is 338 g/mol. The Bertz CT molecular complexity index is 563. The Balaban J connectivity index is 1.86. The van der Waals surface area contributed by atoms with Gasteiger partial charge in [0, 0.05) is 25.6 Å². The molecule has 0 saturated carbocycles. The summed E-state index contributed by atoms with van der Waals surface area (Å²) in [6.45, 7) is 5.74. The van der Waals surface area contributed by atoms with E-state index in [0.29, 0.717) is 29.7 Å². The van der Waals surface area contributed by atoms with Gasteiger partial charge in [0.05, 0.1) is 10.7 Å². The maximum absolute atomic E-state index is 12.4. The molecule has 1 aromatic rings. The van der Waals surface area contributed by atoms with Crippen LogP contribution in [-0.4, -0.2) is 36.5 Å². The number of para-hydroxylation sites is 1. The average Bonchev–Trinajstić information content (AvgIpc) is 2.54. The van der Waals surface area contributed by atoms with E-state index in [4.69, 9.17) is 11.6 Å². The molecule has 0 radical (unpaired) electrons. The Hall–Kier alpha value is -1.75. The van der Waals surface area contributed by atoms with Gasteiger partial charge in [-0.1, -0.05) is 37.6 Å². The summed E-state index contributed by atoms with van der Waals surface area (Å²) in [5.74, 6) is 0.337. The van der Waals surface area contributed by atoms with Crippen molar-refractivity contribution >= 4 is 29.2 Å². The van der Waals surface area contributed by atoms with E-state index >= 15 is 0 Å². The van der Waals surface area contributed by atoms with E-state index in [0.717, 1.165) is 19.4 Å². The minimum Gasteiger partial charge on any atom is -0.356 e. The van der Waals surface area contributed by atoms with Gasteiger partial charge in [0.1, 0.15) is 0 Å². The van der Waals surface area contributed by atoms with Gasteiger partial charge in [-0.2, -0.15) is 0 Å². The van der Waals surface area contributed by atoms with Crippen LogP contribution in [0.5, 0.6) is 0 Å². The van der Waals surface area contributed by atoms with Crippen molar-refractivity contribution in [2.24, 2.45) is 11.8 Å². The van der Waals surface area contributed by atoms with E-state index in [9.17, 15) is 9.59 Å². The molecule has 1 heterocycles. The number of rotatable bonds is 4. The SMILES string of the molecule is CC(C)C(=O)NC[C@@H]1CCCN(C(=O)Nc2ccccc2Cl)C1. The largest absolute Gasteiger partial charge is 0.356 e. The molecule has 1 atom stereocenters. The summed E-state index contributed by atoms with van der Waals surface area (Å²) >= 11 is 6.07. The van der Waals surface area contributed by atoms with Crippen LogP contribution in [0.3, 0.4) is 0 Å². The molecule has 0 aliphatic carbocycles. The number of amides is 3. The first kappa shape index (κ1) is 17.6. The third-order valence-corrected chi connectivity index (χ3v) is 4.34. The third kappa shape index (κ3) is 5.13. The van der Waals surface area contributed by atoms with Crippen molar-refractivity contribution in [2.45, 2.75) is 26.7 Å². The second kappa shape index (κ2) is 8.20. The molecular weight excluding hydrogens is 314 g/mol. The van der Waals surface area contributed by atoms with E-state index in [1.54, 1.807) is 17.0 Å². The Morgan fingerprint density at radius 1 is 1.35 bits per heavy atom. The Labute approximate surface area is 142 Å². The number of urea groups is 1. The lowest BCUT2D eigenvalue weighted by Gasteiger charge is -2.33. The molecule has 2 N–H and O–H groups in total. The highest BCUT2D eigenvalue weighted by Gasteiger charge is 2.24. The lowest BCUT2D eigenvalue weighted by molar-refractivity contribution is -0.124. The summed E-state index contributed by atoms with van der Waals surface area (Å²) < 4.78 is 0. The van der Waals surface area contributed by atoms with Crippen LogP contribution in [0.2, 0.25) is 5.02 Å². The van der Waals surface area contributed by atoms with Gasteiger partial charge in [-0.05, 0) is 30.9 Å². The fourth-order valence-corrected chi connectivity index (χ4v) is 2.81. The lowest BCUT2D eigenvalue weighted by Crippen LogP contribution is -2.45. The molecule has 3 amide bonds. The van der Waals surface area contributed by atoms with Gasteiger partial charge in [-0.15, -0.1) is 0 Å². The van der Waals surface area contributed by atoms with Crippen LogP contribution < -0.4 is 10.6 Å². The highest BCUT2D eigenvalue weighted by atomic mass is 35.5. The monoisotopic (exact) mass is 337 g/mol. The van der Waals surface area contributed by atoms with Crippen molar-refractivity contribution in [3.63, 3.8) is 0 Å². The van der Waals surface area contributed by atoms with Gasteiger partial charge in [0.2, 0.25) is 5.91 Å². The fourth-order valence-electron chi connectivity index (χ4n) is 2.62. The molecule has 1 aliphatic rings. The summed E-state index contributed by atoms with van der Waals surface area (Å²) in [7, 11) is 0. The van der Waals surface area contributed by atoms with Crippen molar-refractivity contribution < 1.29 is 9.59 Å². The molecular formula is C17H24ClN3O2. The van der Waals surface area contributed by atoms with Gasteiger partial charge < -0.3 is 15.5 Å². The zero-order chi connectivity index (χ0) is 16.8. The first-order valence-electron chi connectivity index (χ1n) is 8.05.